The highest BCUT2D eigenvalue weighted by atomic mass is 79.9. The second kappa shape index (κ2) is 6.49. The molecule has 0 N–H and O–H groups in total. The number of tetrazole rings is 1. The molecule has 0 bridgehead atoms. The number of nitrogens with zero attached hydrogens (tertiary/aromatic N) is 4. The quantitative estimate of drug-likeness (QED) is 0.713. The summed E-state index contributed by atoms with van der Waals surface area (Å²) in [6.45, 7) is 1.05. The number of ether oxygens (including phenoxy) is 1. The third-order valence-electron chi connectivity index (χ3n) is 2.86. The third kappa shape index (κ3) is 3.66. The Morgan fingerprint density at radius 3 is 2.52 bits per heavy atom. The van der Waals surface area contributed by atoms with Crippen molar-refractivity contribution in [3.05, 3.63) is 59.1 Å². The van der Waals surface area contributed by atoms with Crippen molar-refractivity contribution in [3.8, 4) is 17.1 Å². The lowest BCUT2D eigenvalue weighted by Crippen LogP contribution is -2.11. The van der Waals surface area contributed by atoms with Gasteiger partial charge in [-0.05, 0) is 41.6 Å². The summed E-state index contributed by atoms with van der Waals surface area (Å²) in [5.74, 6) is 1.45. The molecule has 106 valence electrons. The maximum atomic E-state index is 5.61. The average Bonchev–Trinajstić information content (AvgIpc) is 2.98. The molecular weight excluding hydrogens is 332 g/mol. The van der Waals surface area contributed by atoms with Gasteiger partial charge in [0.1, 0.15) is 12.4 Å². The van der Waals surface area contributed by atoms with Gasteiger partial charge in [-0.15, -0.1) is 10.2 Å². The van der Waals surface area contributed by atoms with Crippen molar-refractivity contribution in [2.45, 2.75) is 6.54 Å². The van der Waals surface area contributed by atoms with E-state index < -0.39 is 0 Å². The Labute approximate surface area is 130 Å². The van der Waals surface area contributed by atoms with Crippen LogP contribution < -0.4 is 4.74 Å². The van der Waals surface area contributed by atoms with E-state index in [0.29, 0.717) is 19.0 Å². The normalized spacial score (nSPS) is 10.5. The van der Waals surface area contributed by atoms with Crippen molar-refractivity contribution in [2.24, 2.45) is 0 Å². The molecule has 0 unspecified atom stereocenters. The minimum Gasteiger partial charge on any atom is -0.492 e. The fraction of sp³-hybridized carbons (Fsp3) is 0.133. The summed E-state index contributed by atoms with van der Waals surface area (Å²) in [6.07, 6.45) is 0. The first-order valence-electron chi connectivity index (χ1n) is 6.53. The molecule has 0 fully saturated rings. The molecule has 0 aliphatic rings. The smallest absolute Gasteiger partial charge is 0.204 e. The second-order valence-corrected chi connectivity index (χ2v) is 5.29. The lowest BCUT2D eigenvalue weighted by molar-refractivity contribution is 0.280. The van der Waals surface area contributed by atoms with Crippen LogP contribution in [0, 0.1) is 0 Å². The first kappa shape index (κ1) is 13.8. The van der Waals surface area contributed by atoms with Gasteiger partial charge in [0.2, 0.25) is 5.82 Å². The van der Waals surface area contributed by atoms with Crippen LogP contribution in [0.3, 0.4) is 0 Å². The molecule has 5 nitrogen and oxygen atoms in total. The first-order chi connectivity index (χ1) is 10.3. The minimum atomic E-state index is 0.500. The van der Waals surface area contributed by atoms with Crippen molar-refractivity contribution >= 4 is 15.9 Å². The van der Waals surface area contributed by atoms with E-state index in [-0.39, 0.29) is 0 Å². The van der Waals surface area contributed by atoms with Crippen molar-refractivity contribution in [2.75, 3.05) is 6.61 Å². The lowest BCUT2D eigenvalue weighted by Gasteiger charge is -2.04. The van der Waals surface area contributed by atoms with Crippen LogP contribution in [0.5, 0.6) is 5.75 Å². The van der Waals surface area contributed by atoms with Gasteiger partial charge in [-0.1, -0.05) is 34.1 Å². The maximum absolute atomic E-state index is 5.61. The molecule has 0 aliphatic heterocycles. The number of benzene rings is 2. The van der Waals surface area contributed by atoms with Crippen molar-refractivity contribution in [1.29, 1.82) is 0 Å². The molecule has 1 aromatic heterocycles. The van der Waals surface area contributed by atoms with Crippen molar-refractivity contribution in [3.63, 3.8) is 0 Å². The van der Waals surface area contributed by atoms with Crippen LogP contribution >= 0.6 is 15.9 Å². The third-order valence-corrected chi connectivity index (χ3v) is 3.39. The zero-order valence-electron chi connectivity index (χ0n) is 11.2. The van der Waals surface area contributed by atoms with Crippen LogP contribution in [0.15, 0.2) is 59.1 Å². The van der Waals surface area contributed by atoms with E-state index in [4.69, 9.17) is 4.74 Å². The van der Waals surface area contributed by atoms with E-state index >= 15 is 0 Å². The predicted octanol–water partition coefficient (Wildman–Crippen LogP) is 3.18. The Kier molecular flexibility index (Phi) is 4.25. The molecule has 0 atom stereocenters. The molecule has 21 heavy (non-hydrogen) atoms. The van der Waals surface area contributed by atoms with Gasteiger partial charge in [-0.3, -0.25) is 0 Å². The van der Waals surface area contributed by atoms with Crippen LogP contribution in [0.2, 0.25) is 0 Å². The maximum Gasteiger partial charge on any atom is 0.204 e. The highest BCUT2D eigenvalue weighted by Crippen LogP contribution is 2.17. The number of hydrogen-bond acceptors (Lipinski definition) is 4. The van der Waals surface area contributed by atoms with E-state index in [2.05, 4.69) is 31.3 Å². The molecule has 0 radical (unpaired) electrons. The molecule has 3 rings (SSSR count). The Morgan fingerprint density at radius 1 is 1.00 bits per heavy atom. The zero-order chi connectivity index (χ0) is 14.5. The van der Waals surface area contributed by atoms with Gasteiger partial charge in [-0.25, -0.2) is 0 Å². The van der Waals surface area contributed by atoms with Crippen LogP contribution in [-0.2, 0) is 6.54 Å². The second-order valence-electron chi connectivity index (χ2n) is 4.38. The van der Waals surface area contributed by atoms with E-state index in [9.17, 15) is 0 Å². The standard InChI is InChI=1S/C15H13BrN4O/c16-13-8-6-12(7-9-13)15-17-19-20(18-15)10-11-21-14-4-2-1-3-5-14/h1-9H,10-11H2. The summed E-state index contributed by atoms with van der Waals surface area (Å²) in [4.78, 5) is 1.54. The molecule has 3 aromatic rings. The Hall–Kier alpha value is -2.21. The molecule has 0 amide bonds. The van der Waals surface area contributed by atoms with E-state index in [1.807, 2.05) is 54.6 Å². The van der Waals surface area contributed by atoms with Gasteiger partial charge in [0, 0.05) is 10.0 Å². The molecule has 0 spiro atoms. The van der Waals surface area contributed by atoms with E-state index in [1.54, 1.807) is 4.80 Å². The molecule has 0 saturated heterocycles. The molecule has 0 aliphatic carbocycles. The highest BCUT2D eigenvalue weighted by molar-refractivity contribution is 9.10. The van der Waals surface area contributed by atoms with Gasteiger partial charge in [0.25, 0.3) is 0 Å². The monoisotopic (exact) mass is 344 g/mol. The summed E-state index contributed by atoms with van der Waals surface area (Å²) < 4.78 is 6.63. The molecule has 1 heterocycles. The Balaban J connectivity index is 1.59. The number of halogens is 1. The number of rotatable bonds is 5. The number of hydrogen-bond donors (Lipinski definition) is 0. The Morgan fingerprint density at radius 2 is 1.76 bits per heavy atom. The lowest BCUT2D eigenvalue weighted by atomic mass is 10.2. The molecule has 2 aromatic carbocycles. The Bertz CT molecular complexity index is 697. The van der Waals surface area contributed by atoms with Gasteiger partial charge < -0.3 is 4.74 Å². The van der Waals surface area contributed by atoms with Gasteiger partial charge >= 0.3 is 0 Å². The van der Waals surface area contributed by atoms with E-state index in [0.717, 1.165) is 15.8 Å². The SMILES string of the molecule is Brc1ccc(-c2nnn(CCOc3ccccc3)n2)cc1. The van der Waals surface area contributed by atoms with Crippen molar-refractivity contribution < 1.29 is 4.74 Å². The average molecular weight is 345 g/mol. The molecular formula is C15H13BrN4O. The topological polar surface area (TPSA) is 52.8 Å². The zero-order valence-corrected chi connectivity index (χ0v) is 12.8. The van der Waals surface area contributed by atoms with Gasteiger partial charge in [0.05, 0.1) is 6.54 Å². The van der Waals surface area contributed by atoms with Gasteiger partial charge in [0.15, 0.2) is 0 Å². The number of para-hydroxylation sites is 1. The van der Waals surface area contributed by atoms with Crippen LogP contribution in [0.4, 0.5) is 0 Å². The van der Waals surface area contributed by atoms with Crippen LogP contribution in [0.25, 0.3) is 11.4 Å². The predicted molar refractivity (Wildman–Crippen MR) is 82.9 cm³/mol. The molecule has 6 heteroatoms. The van der Waals surface area contributed by atoms with Crippen LogP contribution in [0.1, 0.15) is 0 Å². The van der Waals surface area contributed by atoms with E-state index in [1.165, 1.54) is 0 Å². The highest BCUT2D eigenvalue weighted by Gasteiger charge is 2.05. The summed E-state index contributed by atoms with van der Waals surface area (Å²) in [5, 5.41) is 12.4. The molecule has 0 saturated carbocycles. The fourth-order valence-corrected chi connectivity index (χ4v) is 2.08. The summed E-state index contributed by atoms with van der Waals surface area (Å²) in [5.41, 5.74) is 0.938. The van der Waals surface area contributed by atoms with Crippen LogP contribution in [-0.4, -0.2) is 26.8 Å². The summed E-state index contributed by atoms with van der Waals surface area (Å²) in [6, 6.07) is 17.5. The minimum absolute atomic E-state index is 0.500. The fourth-order valence-electron chi connectivity index (χ4n) is 1.81. The largest absolute Gasteiger partial charge is 0.492 e. The van der Waals surface area contributed by atoms with Crippen molar-refractivity contribution in [1.82, 2.24) is 20.2 Å². The number of aromatic nitrogens is 4. The van der Waals surface area contributed by atoms with Gasteiger partial charge in [-0.2, -0.15) is 4.80 Å². The summed E-state index contributed by atoms with van der Waals surface area (Å²) >= 11 is 3.40. The first-order valence-corrected chi connectivity index (χ1v) is 7.32. The summed E-state index contributed by atoms with van der Waals surface area (Å²) in [7, 11) is 0.